The van der Waals surface area contributed by atoms with Crippen LogP contribution in [0.4, 0.5) is 4.79 Å². The molecule has 3 aliphatic carbocycles. The van der Waals surface area contributed by atoms with E-state index in [1.165, 1.54) is 37.8 Å². The lowest BCUT2D eigenvalue weighted by atomic mass is 9.77. The van der Waals surface area contributed by atoms with Crippen LogP contribution in [0, 0.1) is 17.8 Å². The molecule has 150 valence electrons. The van der Waals surface area contributed by atoms with E-state index in [2.05, 4.69) is 0 Å². The Labute approximate surface area is 165 Å². The van der Waals surface area contributed by atoms with Gasteiger partial charge in [0, 0.05) is 12.6 Å². The van der Waals surface area contributed by atoms with Crippen LogP contribution in [0.5, 0.6) is 5.75 Å². The smallest absolute Gasteiger partial charge is 0.327 e. The van der Waals surface area contributed by atoms with Crippen LogP contribution < -0.4 is 0 Å². The van der Waals surface area contributed by atoms with E-state index in [4.69, 9.17) is 0 Å². The molecular formula is C22H28N2O4. The van der Waals surface area contributed by atoms with Gasteiger partial charge in [-0.15, -0.1) is 0 Å². The minimum Gasteiger partial charge on any atom is -0.508 e. The van der Waals surface area contributed by atoms with Crippen molar-refractivity contribution in [2.75, 3.05) is 13.6 Å². The number of carbonyl (C=O) groups excluding carboxylic acids is 3. The Morgan fingerprint density at radius 2 is 1.75 bits per heavy atom. The number of likely N-dealkylation sites (N-methyl/N-ethyl adjacent to an activating group) is 1. The fourth-order valence-electron chi connectivity index (χ4n) is 5.45. The zero-order chi connectivity index (χ0) is 20.1. The van der Waals surface area contributed by atoms with Crippen LogP contribution >= 0.6 is 0 Å². The molecule has 28 heavy (non-hydrogen) atoms. The van der Waals surface area contributed by atoms with Gasteiger partial charge in [-0.25, -0.2) is 4.79 Å². The number of fused-ring (bicyclic) bond motifs is 4. The molecule has 1 heterocycles. The first kappa shape index (κ1) is 19.0. The van der Waals surface area contributed by atoms with Crippen molar-refractivity contribution in [1.29, 1.82) is 0 Å². The highest BCUT2D eigenvalue weighted by Gasteiger charge is 2.58. The number of imide groups is 1. The molecule has 6 nitrogen and oxygen atoms in total. The molecular weight excluding hydrogens is 356 g/mol. The van der Waals surface area contributed by atoms with Crippen LogP contribution in [-0.4, -0.2) is 51.8 Å². The number of amides is 3. The van der Waals surface area contributed by atoms with E-state index in [1.54, 1.807) is 24.1 Å². The molecule has 3 saturated carbocycles. The summed E-state index contributed by atoms with van der Waals surface area (Å²) in [4.78, 5) is 41.6. The van der Waals surface area contributed by atoms with Crippen molar-refractivity contribution < 1.29 is 19.5 Å². The molecule has 0 spiro atoms. The number of nitrogens with zero attached hydrogens (tertiary/aromatic N) is 2. The largest absolute Gasteiger partial charge is 0.508 e. The Morgan fingerprint density at radius 3 is 2.32 bits per heavy atom. The Morgan fingerprint density at radius 1 is 1.14 bits per heavy atom. The molecule has 4 fully saturated rings. The molecule has 6 heteroatoms. The van der Waals surface area contributed by atoms with Crippen LogP contribution in [0.1, 0.15) is 55.8 Å². The maximum Gasteiger partial charge on any atom is 0.327 e. The van der Waals surface area contributed by atoms with Crippen LogP contribution in [0.15, 0.2) is 24.3 Å². The summed E-state index contributed by atoms with van der Waals surface area (Å²) in [5, 5.41) is 9.60. The molecule has 1 atom stereocenters. The number of ketones is 1. The normalized spacial score (nSPS) is 32.7. The lowest BCUT2D eigenvalue weighted by molar-refractivity contribution is -0.134. The Bertz CT molecular complexity index is 801. The number of aromatic hydroxyl groups is 1. The number of phenolic OH excluding ortho intramolecular Hbond substituents is 1. The van der Waals surface area contributed by atoms with E-state index >= 15 is 0 Å². The quantitative estimate of drug-likeness (QED) is 0.637. The maximum atomic E-state index is 13.4. The molecule has 1 aromatic rings. The van der Waals surface area contributed by atoms with Gasteiger partial charge in [0.25, 0.3) is 5.91 Å². The van der Waals surface area contributed by atoms with Crippen molar-refractivity contribution in [2.24, 2.45) is 17.8 Å². The summed E-state index contributed by atoms with van der Waals surface area (Å²) >= 11 is 0. The van der Waals surface area contributed by atoms with E-state index in [0.717, 1.165) is 17.7 Å². The highest BCUT2D eigenvalue weighted by molar-refractivity contribution is 6.11. The first-order valence-corrected chi connectivity index (χ1v) is 10.2. The van der Waals surface area contributed by atoms with Crippen molar-refractivity contribution in [3.63, 3.8) is 0 Å². The second-order valence-electron chi connectivity index (χ2n) is 8.91. The molecule has 1 saturated heterocycles. The lowest BCUT2D eigenvalue weighted by Crippen LogP contribution is -2.51. The van der Waals surface area contributed by atoms with Gasteiger partial charge < -0.3 is 10.0 Å². The summed E-state index contributed by atoms with van der Waals surface area (Å²) in [6.07, 6.45) is 6.85. The van der Waals surface area contributed by atoms with Crippen molar-refractivity contribution in [1.82, 2.24) is 9.80 Å². The number of carbonyl (C=O) groups is 3. The second kappa shape index (κ2) is 6.90. The second-order valence-corrected chi connectivity index (χ2v) is 8.91. The van der Waals surface area contributed by atoms with Crippen LogP contribution in [0.2, 0.25) is 0 Å². The summed E-state index contributed by atoms with van der Waals surface area (Å²) < 4.78 is 0. The van der Waals surface area contributed by atoms with Crippen LogP contribution in [0.25, 0.3) is 0 Å². The molecule has 1 N–H and O–H groups in total. The number of Topliss-reactive ketones (excluding diaryl/α,β-unsaturated/α-hetero) is 1. The van der Waals surface area contributed by atoms with Gasteiger partial charge in [0.2, 0.25) is 0 Å². The van der Waals surface area contributed by atoms with E-state index < -0.39 is 11.6 Å². The third-order valence-electron chi connectivity index (χ3n) is 7.36. The zero-order valence-electron chi connectivity index (χ0n) is 16.6. The maximum absolute atomic E-state index is 13.4. The van der Waals surface area contributed by atoms with E-state index in [0.29, 0.717) is 17.4 Å². The third-order valence-corrected chi connectivity index (χ3v) is 7.36. The van der Waals surface area contributed by atoms with Gasteiger partial charge in [0.1, 0.15) is 11.3 Å². The average Bonchev–Trinajstić information content (AvgIpc) is 2.96. The summed E-state index contributed by atoms with van der Waals surface area (Å²) in [5.41, 5.74) is -0.592. The van der Waals surface area contributed by atoms with Gasteiger partial charge in [0.15, 0.2) is 5.78 Å². The average molecular weight is 384 g/mol. The summed E-state index contributed by atoms with van der Waals surface area (Å²) in [6, 6.07) is 5.60. The number of phenols is 1. The fraction of sp³-hybridized carbons (Fsp3) is 0.591. The first-order valence-electron chi connectivity index (χ1n) is 10.2. The molecule has 1 aromatic carbocycles. The standard InChI is InChI=1S/C22H28N2O4/c1-22(17-10-14-6-7-15(11-17)9-8-14)20(27)24(21(28)23(22)2)13-19(26)16-4-3-5-18(25)12-16/h3-5,12,14-15,17,25H,6-11,13H2,1-2H3/t14?,15?,17?,22-/m1/s1. The lowest BCUT2D eigenvalue weighted by Gasteiger charge is -2.37. The zero-order valence-corrected chi connectivity index (χ0v) is 16.6. The van der Waals surface area contributed by atoms with Gasteiger partial charge in [-0.05, 0) is 49.7 Å². The van der Waals surface area contributed by atoms with Crippen LogP contribution in [0.3, 0.4) is 0 Å². The molecule has 1 aliphatic heterocycles. The summed E-state index contributed by atoms with van der Waals surface area (Å²) in [5.74, 6) is 0.784. The minimum absolute atomic E-state index is 0.0131. The number of hydrogen-bond acceptors (Lipinski definition) is 4. The van der Waals surface area contributed by atoms with Gasteiger partial charge in [-0.1, -0.05) is 37.8 Å². The van der Waals surface area contributed by atoms with Crippen molar-refractivity contribution in [2.45, 2.75) is 51.0 Å². The van der Waals surface area contributed by atoms with E-state index in [9.17, 15) is 19.5 Å². The number of rotatable bonds is 4. The summed E-state index contributed by atoms with van der Waals surface area (Å²) in [6.45, 7) is 1.59. The van der Waals surface area contributed by atoms with Crippen molar-refractivity contribution >= 4 is 17.7 Å². The molecule has 0 aromatic heterocycles. The number of hydrogen-bond donors (Lipinski definition) is 1. The van der Waals surface area contributed by atoms with Gasteiger partial charge in [0.05, 0.1) is 6.54 Å². The van der Waals surface area contributed by atoms with Gasteiger partial charge in [-0.2, -0.15) is 0 Å². The topological polar surface area (TPSA) is 77.9 Å². The predicted octanol–water partition coefficient (Wildman–Crippen LogP) is 3.44. The fourth-order valence-corrected chi connectivity index (χ4v) is 5.45. The van der Waals surface area contributed by atoms with Crippen molar-refractivity contribution in [3.05, 3.63) is 29.8 Å². The monoisotopic (exact) mass is 384 g/mol. The Kier molecular flexibility index (Phi) is 4.68. The molecule has 0 radical (unpaired) electrons. The minimum atomic E-state index is -0.888. The third kappa shape index (κ3) is 2.99. The summed E-state index contributed by atoms with van der Waals surface area (Å²) in [7, 11) is 1.69. The number of urea groups is 1. The van der Waals surface area contributed by atoms with Crippen molar-refractivity contribution in [3.8, 4) is 5.75 Å². The predicted molar refractivity (Wildman–Crippen MR) is 104 cm³/mol. The number of benzene rings is 1. The Balaban J connectivity index is 1.57. The highest BCUT2D eigenvalue weighted by atomic mass is 16.3. The van der Waals surface area contributed by atoms with Crippen LogP contribution in [-0.2, 0) is 4.79 Å². The van der Waals surface area contributed by atoms with E-state index in [1.807, 2.05) is 6.92 Å². The molecule has 2 bridgehead atoms. The molecule has 0 unspecified atom stereocenters. The molecule has 5 rings (SSSR count). The molecule has 4 aliphatic rings. The SMILES string of the molecule is CN1C(=O)N(CC(=O)c2cccc(O)c2)C(=O)[C@@]1(C)C1CC2CCC(CC2)C1. The van der Waals surface area contributed by atoms with E-state index in [-0.39, 0.29) is 29.9 Å². The molecule has 3 amide bonds. The highest BCUT2D eigenvalue weighted by Crippen LogP contribution is 2.48. The first-order chi connectivity index (χ1) is 13.3. The van der Waals surface area contributed by atoms with Gasteiger partial charge in [-0.3, -0.25) is 14.5 Å². The Hall–Kier alpha value is -2.37. The van der Waals surface area contributed by atoms with Gasteiger partial charge >= 0.3 is 6.03 Å².